The third-order valence-corrected chi connectivity index (χ3v) is 5.73. The molecule has 0 bridgehead atoms. The third kappa shape index (κ3) is 3.02. The number of cyclic esters (lactones) is 1. The molecule has 3 aromatic rings. The number of alkyl carbamates (subject to hydrolysis) is 1. The number of rotatable bonds is 4. The van der Waals surface area contributed by atoms with E-state index in [-0.39, 0.29) is 12.2 Å². The summed E-state index contributed by atoms with van der Waals surface area (Å²) in [7, 11) is 0. The highest BCUT2D eigenvalue weighted by molar-refractivity contribution is 7.99. The quantitative estimate of drug-likeness (QED) is 0.580. The van der Waals surface area contributed by atoms with E-state index in [1.54, 1.807) is 29.4 Å². The molecule has 0 aliphatic carbocycles. The van der Waals surface area contributed by atoms with Crippen LogP contribution in [0.4, 0.5) is 4.79 Å². The fourth-order valence-corrected chi connectivity index (χ4v) is 4.42. The average Bonchev–Trinajstić information content (AvgIpc) is 3.20. The van der Waals surface area contributed by atoms with Gasteiger partial charge in [-0.2, -0.15) is 0 Å². The summed E-state index contributed by atoms with van der Waals surface area (Å²) < 4.78 is 5.16. The maximum absolute atomic E-state index is 11.1. The highest BCUT2D eigenvalue weighted by Crippen LogP contribution is 2.36. The van der Waals surface area contributed by atoms with E-state index < -0.39 is 0 Å². The lowest BCUT2D eigenvalue weighted by Crippen LogP contribution is -2.16. The highest BCUT2D eigenvalue weighted by Gasteiger charge is 2.23. The zero-order valence-corrected chi connectivity index (χ0v) is 13.7. The van der Waals surface area contributed by atoms with Crippen LogP contribution < -0.4 is 5.32 Å². The number of amides is 1. The van der Waals surface area contributed by atoms with Crippen LogP contribution in [0.1, 0.15) is 0 Å². The predicted octanol–water partition coefficient (Wildman–Crippen LogP) is 3.56. The van der Waals surface area contributed by atoms with Crippen LogP contribution in [0.25, 0.3) is 20.7 Å². The molecular formula is C16H13N3O2S2. The van der Waals surface area contributed by atoms with E-state index in [2.05, 4.69) is 33.5 Å². The molecule has 2 aromatic heterocycles. The molecular weight excluding hydrogens is 330 g/mol. The normalized spacial score (nSPS) is 17.2. The number of carbonyl (C=O) groups is 1. The Morgan fingerprint density at radius 2 is 2.17 bits per heavy atom. The van der Waals surface area contributed by atoms with Crippen LogP contribution in [0.3, 0.4) is 0 Å². The summed E-state index contributed by atoms with van der Waals surface area (Å²) in [5.74, 6) is 0.682. The van der Waals surface area contributed by atoms with Crippen molar-refractivity contribution in [2.45, 2.75) is 11.1 Å². The molecule has 0 spiro atoms. The molecule has 1 unspecified atom stereocenters. The Balaban J connectivity index is 1.60. The lowest BCUT2D eigenvalue weighted by atomic mass is 10.2. The largest absolute Gasteiger partial charge is 0.443 e. The van der Waals surface area contributed by atoms with Gasteiger partial charge in [-0.25, -0.2) is 14.8 Å². The fraction of sp³-hybridized carbons (Fsp3) is 0.188. The highest BCUT2D eigenvalue weighted by atomic mass is 32.2. The van der Waals surface area contributed by atoms with E-state index in [0.29, 0.717) is 12.3 Å². The minimum absolute atomic E-state index is 0.107. The van der Waals surface area contributed by atoms with Crippen LogP contribution in [0, 0.1) is 0 Å². The first kappa shape index (κ1) is 14.5. The first-order valence-corrected chi connectivity index (χ1v) is 8.97. The summed E-state index contributed by atoms with van der Waals surface area (Å²) in [5.41, 5.74) is 1.18. The molecule has 1 fully saturated rings. The first-order chi connectivity index (χ1) is 11.3. The van der Waals surface area contributed by atoms with Gasteiger partial charge in [0.1, 0.15) is 22.3 Å². The van der Waals surface area contributed by atoms with Gasteiger partial charge in [-0.15, -0.1) is 23.1 Å². The van der Waals surface area contributed by atoms with E-state index in [4.69, 9.17) is 4.74 Å². The molecule has 4 rings (SSSR count). The molecule has 1 amide bonds. The lowest BCUT2D eigenvalue weighted by molar-refractivity contribution is 0.150. The Morgan fingerprint density at radius 1 is 1.30 bits per heavy atom. The molecule has 1 saturated heterocycles. The van der Waals surface area contributed by atoms with Gasteiger partial charge in [0.05, 0.1) is 6.54 Å². The van der Waals surface area contributed by atoms with Gasteiger partial charge in [0.15, 0.2) is 0 Å². The molecule has 1 aliphatic rings. The average molecular weight is 343 g/mol. The molecule has 1 aliphatic heterocycles. The predicted molar refractivity (Wildman–Crippen MR) is 91.8 cm³/mol. The zero-order chi connectivity index (χ0) is 15.6. The van der Waals surface area contributed by atoms with Crippen LogP contribution in [-0.4, -0.2) is 34.5 Å². The van der Waals surface area contributed by atoms with Crippen molar-refractivity contribution in [1.82, 2.24) is 15.3 Å². The number of thiophene rings is 1. The maximum atomic E-state index is 11.1. The van der Waals surface area contributed by atoms with E-state index in [1.807, 2.05) is 18.2 Å². The summed E-state index contributed by atoms with van der Waals surface area (Å²) in [5, 5.41) is 4.64. The smallest absolute Gasteiger partial charge is 0.407 e. The minimum atomic E-state index is -0.342. The van der Waals surface area contributed by atoms with Crippen LogP contribution >= 0.6 is 23.1 Å². The van der Waals surface area contributed by atoms with Gasteiger partial charge in [0, 0.05) is 16.0 Å². The number of hydrogen-bond donors (Lipinski definition) is 1. The van der Waals surface area contributed by atoms with Gasteiger partial charge in [0.25, 0.3) is 0 Å². The van der Waals surface area contributed by atoms with Crippen molar-refractivity contribution in [3.8, 4) is 10.4 Å². The molecule has 3 heterocycles. The Labute approximate surface area is 141 Å². The number of aromatic nitrogens is 2. The van der Waals surface area contributed by atoms with Gasteiger partial charge >= 0.3 is 6.09 Å². The van der Waals surface area contributed by atoms with Gasteiger partial charge < -0.3 is 10.1 Å². The van der Waals surface area contributed by atoms with E-state index in [1.165, 1.54) is 10.4 Å². The summed E-state index contributed by atoms with van der Waals surface area (Å²) in [6.07, 6.45) is 1.14. The summed E-state index contributed by atoms with van der Waals surface area (Å²) in [6.45, 7) is 0.555. The van der Waals surface area contributed by atoms with Gasteiger partial charge in [0.2, 0.25) is 0 Å². The first-order valence-electron chi connectivity index (χ1n) is 7.17. The summed E-state index contributed by atoms with van der Waals surface area (Å²) in [6, 6.07) is 12.4. The lowest BCUT2D eigenvalue weighted by Gasteiger charge is -2.06. The minimum Gasteiger partial charge on any atom is -0.443 e. The topological polar surface area (TPSA) is 64.1 Å². The number of thioether (sulfide) groups is 1. The number of fused-ring (bicyclic) bond motifs is 1. The van der Waals surface area contributed by atoms with Crippen molar-refractivity contribution >= 4 is 39.4 Å². The second-order valence-electron chi connectivity index (χ2n) is 5.09. The van der Waals surface area contributed by atoms with Gasteiger partial charge in [-0.05, 0) is 11.6 Å². The molecule has 5 nitrogen and oxygen atoms in total. The Morgan fingerprint density at radius 3 is 2.96 bits per heavy atom. The van der Waals surface area contributed by atoms with Crippen LogP contribution in [0.2, 0.25) is 0 Å². The van der Waals surface area contributed by atoms with Gasteiger partial charge in [-0.1, -0.05) is 30.3 Å². The van der Waals surface area contributed by atoms with Crippen LogP contribution in [0.15, 0.2) is 47.8 Å². The Kier molecular flexibility index (Phi) is 3.88. The van der Waals surface area contributed by atoms with Crippen molar-refractivity contribution in [3.05, 3.63) is 42.7 Å². The van der Waals surface area contributed by atoms with E-state index >= 15 is 0 Å². The van der Waals surface area contributed by atoms with Crippen molar-refractivity contribution in [3.63, 3.8) is 0 Å². The van der Waals surface area contributed by atoms with E-state index in [0.717, 1.165) is 15.2 Å². The molecule has 7 heteroatoms. The number of carbonyl (C=O) groups excluding carboxylic acids is 1. The van der Waals surface area contributed by atoms with Crippen molar-refractivity contribution in [1.29, 1.82) is 0 Å². The second kappa shape index (κ2) is 6.17. The van der Waals surface area contributed by atoms with Crippen molar-refractivity contribution in [2.75, 3.05) is 12.3 Å². The molecule has 116 valence electrons. The standard InChI is InChI=1S/C16H13N3O2S2/c20-16-17-7-11(21-16)8-22-14-12-6-13(10-4-2-1-3-5-10)23-15(12)19-9-18-14/h1-6,9,11H,7-8H2,(H,17,20). The van der Waals surface area contributed by atoms with Crippen molar-refractivity contribution in [2.24, 2.45) is 0 Å². The SMILES string of the molecule is O=C1NCC(CSc2ncnc3sc(-c4ccccc4)cc23)O1. The molecule has 0 saturated carbocycles. The Bertz CT molecular complexity index is 851. The monoisotopic (exact) mass is 343 g/mol. The molecule has 1 atom stereocenters. The summed E-state index contributed by atoms with van der Waals surface area (Å²) in [4.78, 5) is 22.0. The third-order valence-electron chi connectivity index (χ3n) is 3.50. The molecule has 23 heavy (non-hydrogen) atoms. The molecule has 1 N–H and O–H groups in total. The second-order valence-corrected chi connectivity index (χ2v) is 7.13. The zero-order valence-electron chi connectivity index (χ0n) is 12.1. The number of nitrogens with one attached hydrogen (secondary N) is 1. The van der Waals surface area contributed by atoms with Gasteiger partial charge in [-0.3, -0.25) is 0 Å². The number of ether oxygens (including phenoxy) is 1. The maximum Gasteiger partial charge on any atom is 0.407 e. The molecule has 1 aromatic carbocycles. The van der Waals surface area contributed by atoms with E-state index in [9.17, 15) is 4.79 Å². The van der Waals surface area contributed by atoms with Crippen molar-refractivity contribution < 1.29 is 9.53 Å². The number of hydrogen-bond acceptors (Lipinski definition) is 6. The molecule has 0 radical (unpaired) electrons. The Hall–Kier alpha value is -2.12. The van der Waals surface area contributed by atoms with Crippen LogP contribution in [-0.2, 0) is 4.74 Å². The fourth-order valence-electron chi connectivity index (χ4n) is 2.39. The van der Waals surface area contributed by atoms with Crippen LogP contribution in [0.5, 0.6) is 0 Å². The number of benzene rings is 1. The number of nitrogens with zero attached hydrogens (tertiary/aromatic N) is 2. The summed E-state index contributed by atoms with van der Waals surface area (Å²) >= 11 is 3.26.